The molecular weight excluding hydrogens is 210 g/mol. The van der Waals surface area contributed by atoms with Crippen molar-refractivity contribution in [2.24, 2.45) is 17.3 Å². The van der Waals surface area contributed by atoms with Crippen molar-refractivity contribution in [2.45, 2.75) is 58.8 Å². The Morgan fingerprint density at radius 1 is 1.29 bits per heavy atom. The first-order valence-electron chi connectivity index (χ1n) is 7.41. The van der Waals surface area contributed by atoms with Gasteiger partial charge in [0.05, 0.1) is 0 Å². The highest BCUT2D eigenvalue weighted by Crippen LogP contribution is 2.37. The van der Waals surface area contributed by atoms with E-state index in [4.69, 9.17) is 0 Å². The van der Waals surface area contributed by atoms with Crippen LogP contribution < -0.4 is 5.32 Å². The van der Waals surface area contributed by atoms with Crippen molar-refractivity contribution < 1.29 is 4.79 Å². The maximum absolute atomic E-state index is 12.6. The quantitative estimate of drug-likeness (QED) is 0.817. The van der Waals surface area contributed by atoms with Gasteiger partial charge in [0, 0.05) is 17.9 Å². The lowest BCUT2D eigenvalue weighted by Crippen LogP contribution is -2.46. The predicted octanol–water partition coefficient (Wildman–Crippen LogP) is 3.16. The molecule has 2 heteroatoms. The molecule has 0 aromatic rings. The molecule has 0 bridgehead atoms. The predicted molar refractivity (Wildman–Crippen MR) is 71.0 cm³/mol. The molecule has 2 rings (SSSR count). The van der Waals surface area contributed by atoms with E-state index < -0.39 is 0 Å². The monoisotopic (exact) mass is 237 g/mol. The van der Waals surface area contributed by atoms with Gasteiger partial charge in [-0.2, -0.15) is 0 Å². The standard InChI is InChI=1S/C15H27NO/c1-3-12-5-7-13(8-6-12)14(17)15(2)9-4-10-16-11-15/h12-13,16H,3-11H2,1-2H3. The minimum Gasteiger partial charge on any atom is -0.316 e. The fraction of sp³-hybridized carbons (Fsp3) is 0.933. The second-order valence-electron chi connectivity index (χ2n) is 6.33. The summed E-state index contributed by atoms with van der Waals surface area (Å²) in [6.07, 6.45) is 8.38. The number of carbonyl (C=O) groups excluding carboxylic acids is 1. The Kier molecular flexibility index (Phi) is 4.24. The fourth-order valence-electron chi connectivity index (χ4n) is 3.59. The molecule has 1 aliphatic carbocycles. The lowest BCUT2D eigenvalue weighted by molar-refractivity contribution is -0.134. The van der Waals surface area contributed by atoms with Gasteiger partial charge in [-0.15, -0.1) is 0 Å². The first kappa shape index (κ1) is 13.1. The summed E-state index contributed by atoms with van der Waals surface area (Å²) in [5.41, 5.74) is -0.0675. The van der Waals surface area contributed by atoms with Crippen molar-refractivity contribution in [2.75, 3.05) is 13.1 Å². The maximum atomic E-state index is 12.6. The Hall–Kier alpha value is -0.370. The first-order valence-corrected chi connectivity index (χ1v) is 7.41. The summed E-state index contributed by atoms with van der Waals surface area (Å²) in [6, 6.07) is 0. The second kappa shape index (κ2) is 5.51. The van der Waals surface area contributed by atoms with E-state index in [2.05, 4.69) is 19.2 Å². The Balaban J connectivity index is 1.91. The number of hydrogen-bond donors (Lipinski definition) is 1. The van der Waals surface area contributed by atoms with Crippen molar-refractivity contribution in [3.63, 3.8) is 0 Å². The molecule has 1 aliphatic heterocycles. The van der Waals surface area contributed by atoms with Crippen molar-refractivity contribution in [1.29, 1.82) is 0 Å². The van der Waals surface area contributed by atoms with Crippen molar-refractivity contribution in [3.05, 3.63) is 0 Å². The van der Waals surface area contributed by atoms with Crippen LogP contribution in [0, 0.1) is 17.3 Å². The molecule has 17 heavy (non-hydrogen) atoms. The van der Waals surface area contributed by atoms with E-state index in [0.717, 1.165) is 44.7 Å². The Labute approximate surface area is 106 Å². The number of Topliss-reactive ketones (excluding diaryl/α,β-unsaturated/α-hetero) is 1. The van der Waals surface area contributed by atoms with Gasteiger partial charge in [-0.1, -0.05) is 20.3 Å². The summed E-state index contributed by atoms with van der Waals surface area (Å²) in [6.45, 7) is 6.44. The van der Waals surface area contributed by atoms with E-state index in [9.17, 15) is 4.79 Å². The van der Waals surface area contributed by atoms with Crippen molar-refractivity contribution in [3.8, 4) is 0 Å². The van der Waals surface area contributed by atoms with E-state index in [1.807, 2.05) is 0 Å². The van der Waals surface area contributed by atoms with Gasteiger partial charge in [-0.25, -0.2) is 0 Å². The number of rotatable bonds is 3. The molecule has 0 radical (unpaired) electrons. The number of nitrogens with one attached hydrogen (secondary N) is 1. The molecule has 0 aromatic heterocycles. The highest BCUT2D eigenvalue weighted by molar-refractivity contribution is 5.87. The number of carbonyl (C=O) groups is 1. The molecular formula is C15H27NO. The van der Waals surface area contributed by atoms with E-state index >= 15 is 0 Å². The van der Waals surface area contributed by atoms with Crippen LogP contribution in [-0.4, -0.2) is 18.9 Å². The zero-order valence-electron chi connectivity index (χ0n) is 11.4. The van der Waals surface area contributed by atoms with E-state index in [1.165, 1.54) is 19.3 Å². The molecule has 98 valence electrons. The van der Waals surface area contributed by atoms with Gasteiger partial charge in [0.25, 0.3) is 0 Å². The summed E-state index contributed by atoms with van der Waals surface area (Å²) >= 11 is 0. The Morgan fingerprint density at radius 3 is 2.53 bits per heavy atom. The van der Waals surface area contributed by atoms with Gasteiger partial charge in [0.2, 0.25) is 0 Å². The topological polar surface area (TPSA) is 29.1 Å². The smallest absolute Gasteiger partial charge is 0.143 e. The van der Waals surface area contributed by atoms with Crippen LogP contribution in [-0.2, 0) is 4.79 Å². The Morgan fingerprint density at radius 2 is 2.00 bits per heavy atom. The second-order valence-corrected chi connectivity index (χ2v) is 6.33. The van der Waals surface area contributed by atoms with Crippen LogP contribution in [0.4, 0.5) is 0 Å². The maximum Gasteiger partial charge on any atom is 0.143 e. The fourth-order valence-corrected chi connectivity index (χ4v) is 3.59. The molecule has 0 amide bonds. The summed E-state index contributed by atoms with van der Waals surface area (Å²) in [7, 11) is 0. The lowest BCUT2D eigenvalue weighted by atomic mass is 9.69. The van der Waals surface area contributed by atoms with Crippen LogP contribution in [0.15, 0.2) is 0 Å². The van der Waals surface area contributed by atoms with Gasteiger partial charge in [0.1, 0.15) is 5.78 Å². The van der Waals surface area contributed by atoms with Gasteiger partial charge in [-0.05, 0) is 51.0 Å². The zero-order valence-corrected chi connectivity index (χ0v) is 11.4. The zero-order chi connectivity index (χ0) is 12.3. The normalized spacial score (nSPS) is 38.9. The summed E-state index contributed by atoms with van der Waals surface area (Å²) in [4.78, 5) is 12.6. The average Bonchev–Trinajstić information content (AvgIpc) is 2.39. The molecule has 1 N–H and O–H groups in total. The van der Waals surface area contributed by atoms with Crippen LogP contribution in [0.1, 0.15) is 58.8 Å². The third-order valence-electron chi connectivity index (χ3n) is 4.99. The third kappa shape index (κ3) is 2.90. The minimum absolute atomic E-state index is 0.0675. The van der Waals surface area contributed by atoms with Gasteiger partial charge >= 0.3 is 0 Å². The third-order valence-corrected chi connectivity index (χ3v) is 4.99. The van der Waals surface area contributed by atoms with E-state index in [-0.39, 0.29) is 5.41 Å². The number of hydrogen-bond acceptors (Lipinski definition) is 2. The van der Waals surface area contributed by atoms with Crippen LogP contribution in [0.5, 0.6) is 0 Å². The van der Waals surface area contributed by atoms with Gasteiger partial charge in [0.15, 0.2) is 0 Å². The van der Waals surface area contributed by atoms with Crippen LogP contribution in [0.2, 0.25) is 0 Å². The molecule has 0 aromatic carbocycles. The first-order chi connectivity index (χ1) is 8.15. The molecule has 1 unspecified atom stereocenters. The molecule has 2 nitrogen and oxygen atoms in total. The highest BCUT2D eigenvalue weighted by atomic mass is 16.1. The van der Waals surface area contributed by atoms with E-state index in [0.29, 0.717) is 11.7 Å². The van der Waals surface area contributed by atoms with Crippen molar-refractivity contribution in [1.82, 2.24) is 5.32 Å². The molecule has 1 saturated carbocycles. The highest BCUT2D eigenvalue weighted by Gasteiger charge is 2.39. The number of ketones is 1. The molecule has 2 fully saturated rings. The van der Waals surface area contributed by atoms with Crippen LogP contribution in [0.3, 0.4) is 0 Å². The lowest BCUT2D eigenvalue weighted by Gasteiger charge is -2.37. The summed E-state index contributed by atoms with van der Waals surface area (Å²) < 4.78 is 0. The summed E-state index contributed by atoms with van der Waals surface area (Å²) in [5, 5.41) is 3.39. The van der Waals surface area contributed by atoms with Crippen molar-refractivity contribution >= 4 is 5.78 Å². The van der Waals surface area contributed by atoms with Crippen LogP contribution in [0.25, 0.3) is 0 Å². The average molecular weight is 237 g/mol. The molecule has 1 saturated heterocycles. The number of piperidine rings is 1. The molecule has 1 heterocycles. The largest absolute Gasteiger partial charge is 0.316 e. The van der Waals surface area contributed by atoms with Gasteiger partial charge in [-0.3, -0.25) is 4.79 Å². The van der Waals surface area contributed by atoms with E-state index in [1.54, 1.807) is 0 Å². The Bertz CT molecular complexity index is 260. The summed E-state index contributed by atoms with van der Waals surface area (Å²) in [5.74, 6) is 1.80. The minimum atomic E-state index is -0.0675. The van der Waals surface area contributed by atoms with Gasteiger partial charge < -0.3 is 5.32 Å². The molecule has 0 spiro atoms. The molecule has 1 atom stereocenters. The van der Waals surface area contributed by atoms with Crippen LogP contribution >= 0.6 is 0 Å². The molecule has 2 aliphatic rings. The SMILES string of the molecule is CCC1CCC(C(=O)C2(C)CCCNC2)CC1.